The smallest absolute Gasteiger partial charge is 0.118 e. The van der Waals surface area contributed by atoms with Crippen LogP contribution in [0.2, 0.25) is 0 Å². The third kappa shape index (κ3) is 5.55. The molecule has 130 valence electrons. The number of hydrogen-bond acceptors (Lipinski definition) is 4. The van der Waals surface area contributed by atoms with Crippen molar-refractivity contribution in [2.45, 2.75) is 31.9 Å². The summed E-state index contributed by atoms with van der Waals surface area (Å²) in [4.78, 5) is 0. The molecular weight excluding hydrogens is 302 g/mol. The van der Waals surface area contributed by atoms with E-state index in [0.29, 0.717) is 6.54 Å². The molecule has 0 saturated heterocycles. The van der Waals surface area contributed by atoms with Crippen molar-refractivity contribution in [3.63, 3.8) is 0 Å². The van der Waals surface area contributed by atoms with Crippen LogP contribution in [0.25, 0.3) is 0 Å². The van der Waals surface area contributed by atoms with E-state index in [1.54, 1.807) is 28.1 Å². The fourth-order valence-electron chi connectivity index (χ4n) is 2.51. The molecule has 2 rings (SSSR count). The van der Waals surface area contributed by atoms with Gasteiger partial charge in [0.1, 0.15) is 11.5 Å². The summed E-state index contributed by atoms with van der Waals surface area (Å²) < 4.78 is 10.4. The van der Waals surface area contributed by atoms with Gasteiger partial charge in [-0.25, -0.2) is 0 Å². The number of methoxy groups -OCH3 is 2. The Morgan fingerprint density at radius 1 is 0.917 bits per heavy atom. The Labute approximate surface area is 144 Å². The monoisotopic (exact) mass is 329 g/mol. The van der Waals surface area contributed by atoms with E-state index in [-0.39, 0.29) is 6.04 Å². The average molecular weight is 329 g/mol. The van der Waals surface area contributed by atoms with Crippen LogP contribution in [0.5, 0.6) is 11.5 Å². The fourth-order valence-corrected chi connectivity index (χ4v) is 2.51. The van der Waals surface area contributed by atoms with E-state index in [0.717, 1.165) is 23.5 Å². The van der Waals surface area contributed by atoms with Crippen LogP contribution in [-0.2, 0) is 6.42 Å². The number of hydrogen-bond donors (Lipinski definition) is 2. The van der Waals surface area contributed by atoms with Gasteiger partial charge in [0.25, 0.3) is 0 Å². The summed E-state index contributed by atoms with van der Waals surface area (Å²) in [6.45, 7) is 4.12. The Balaban J connectivity index is 2.16. The second kappa shape index (κ2) is 8.18. The van der Waals surface area contributed by atoms with Crippen molar-refractivity contribution in [1.29, 1.82) is 0 Å². The molecule has 24 heavy (non-hydrogen) atoms. The average Bonchev–Trinajstić information content (AvgIpc) is 2.58. The van der Waals surface area contributed by atoms with Crippen molar-refractivity contribution in [3.8, 4) is 11.5 Å². The molecule has 0 spiro atoms. The highest BCUT2D eigenvalue weighted by atomic mass is 16.5. The maximum atomic E-state index is 10.0. The zero-order valence-electron chi connectivity index (χ0n) is 14.9. The normalized spacial score (nSPS) is 12.7. The molecule has 0 aliphatic heterocycles. The first kappa shape index (κ1) is 18.3. The molecule has 0 aliphatic rings. The first-order valence-electron chi connectivity index (χ1n) is 8.14. The Kier molecular flexibility index (Phi) is 6.23. The van der Waals surface area contributed by atoms with Crippen molar-refractivity contribution < 1.29 is 14.6 Å². The minimum Gasteiger partial charge on any atom is -0.497 e. The lowest BCUT2D eigenvalue weighted by Crippen LogP contribution is -2.37. The molecule has 0 radical (unpaired) electrons. The first-order chi connectivity index (χ1) is 11.4. The van der Waals surface area contributed by atoms with E-state index in [1.807, 2.05) is 24.3 Å². The van der Waals surface area contributed by atoms with Crippen LogP contribution in [0.4, 0.5) is 0 Å². The molecule has 0 aliphatic carbocycles. The quantitative estimate of drug-likeness (QED) is 0.780. The summed E-state index contributed by atoms with van der Waals surface area (Å²) in [6, 6.07) is 16.2. The van der Waals surface area contributed by atoms with Crippen LogP contribution >= 0.6 is 0 Å². The van der Waals surface area contributed by atoms with Gasteiger partial charge < -0.3 is 19.9 Å². The molecule has 1 unspecified atom stereocenters. The van der Waals surface area contributed by atoms with Gasteiger partial charge in [0.05, 0.1) is 19.8 Å². The number of benzene rings is 2. The molecule has 0 bridgehead atoms. The predicted molar refractivity (Wildman–Crippen MR) is 96.7 cm³/mol. The van der Waals surface area contributed by atoms with Gasteiger partial charge in [0, 0.05) is 12.6 Å². The third-order valence-electron chi connectivity index (χ3n) is 3.90. The summed E-state index contributed by atoms with van der Waals surface area (Å²) in [6.07, 6.45) is 0.826. The Bertz CT molecular complexity index is 615. The van der Waals surface area contributed by atoms with Crippen molar-refractivity contribution in [3.05, 3.63) is 59.7 Å². The van der Waals surface area contributed by atoms with Gasteiger partial charge in [-0.15, -0.1) is 0 Å². The molecule has 1 atom stereocenters. The lowest BCUT2D eigenvalue weighted by Gasteiger charge is -2.25. The number of ether oxygens (including phenoxy) is 2. The number of rotatable bonds is 8. The maximum Gasteiger partial charge on any atom is 0.118 e. The number of nitrogens with one attached hydrogen (secondary N) is 1. The Morgan fingerprint density at radius 3 is 1.88 bits per heavy atom. The molecule has 4 nitrogen and oxygen atoms in total. The van der Waals surface area contributed by atoms with Crippen molar-refractivity contribution in [2.24, 2.45) is 0 Å². The molecule has 0 heterocycles. The van der Waals surface area contributed by atoms with E-state index in [1.165, 1.54) is 5.56 Å². The minimum atomic E-state index is -0.759. The van der Waals surface area contributed by atoms with Crippen LogP contribution in [0.15, 0.2) is 48.5 Å². The lowest BCUT2D eigenvalue weighted by atomic mass is 9.97. The van der Waals surface area contributed by atoms with Crippen molar-refractivity contribution in [2.75, 3.05) is 20.8 Å². The molecule has 0 amide bonds. The van der Waals surface area contributed by atoms with E-state index in [9.17, 15) is 5.11 Å². The van der Waals surface area contributed by atoms with Crippen LogP contribution in [0, 0.1) is 0 Å². The molecule has 0 fully saturated rings. The van der Waals surface area contributed by atoms with Crippen LogP contribution < -0.4 is 14.8 Å². The summed E-state index contributed by atoms with van der Waals surface area (Å²) in [7, 11) is 3.33. The highest BCUT2D eigenvalue weighted by Gasteiger charge is 2.18. The summed E-state index contributed by atoms with van der Waals surface area (Å²) in [5, 5.41) is 13.5. The second-order valence-electron chi connectivity index (χ2n) is 6.57. The zero-order valence-corrected chi connectivity index (χ0v) is 14.9. The lowest BCUT2D eigenvalue weighted by molar-refractivity contribution is 0.0763. The molecular formula is C20H27NO3. The van der Waals surface area contributed by atoms with Crippen LogP contribution in [-0.4, -0.2) is 31.5 Å². The largest absolute Gasteiger partial charge is 0.497 e. The van der Waals surface area contributed by atoms with Crippen LogP contribution in [0.1, 0.15) is 31.0 Å². The summed E-state index contributed by atoms with van der Waals surface area (Å²) >= 11 is 0. The van der Waals surface area contributed by atoms with Gasteiger partial charge in [-0.1, -0.05) is 24.3 Å². The number of aliphatic hydroxyl groups is 1. The van der Waals surface area contributed by atoms with E-state index in [4.69, 9.17) is 9.47 Å². The predicted octanol–water partition coefficient (Wildman–Crippen LogP) is 3.35. The molecule has 0 saturated carbocycles. The molecule has 0 aromatic heterocycles. The van der Waals surface area contributed by atoms with E-state index >= 15 is 0 Å². The highest BCUT2D eigenvalue weighted by Crippen LogP contribution is 2.23. The minimum absolute atomic E-state index is 0.107. The fraction of sp³-hybridized carbons (Fsp3) is 0.400. The molecule has 2 aromatic rings. The van der Waals surface area contributed by atoms with Crippen molar-refractivity contribution >= 4 is 0 Å². The standard InChI is InChI=1S/C20H27NO3/c1-20(2,22)14-21-19(16-7-11-18(24-4)12-8-16)13-15-5-9-17(23-3)10-6-15/h5-12,19,21-22H,13-14H2,1-4H3. The highest BCUT2D eigenvalue weighted by molar-refractivity contribution is 5.32. The van der Waals surface area contributed by atoms with Crippen LogP contribution in [0.3, 0.4) is 0 Å². The van der Waals surface area contributed by atoms with Gasteiger partial charge in [-0.3, -0.25) is 0 Å². The van der Waals surface area contributed by atoms with Crippen molar-refractivity contribution in [1.82, 2.24) is 5.32 Å². The van der Waals surface area contributed by atoms with Gasteiger partial charge in [0.2, 0.25) is 0 Å². The van der Waals surface area contributed by atoms with Gasteiger partial charge >= 0.3 is 0 Å². The molecule has 2 N–H and O–H groups in total. The summed E-state index contributed by atoms with van der Waals surface area (Å²) in [5.74, 6) is 1.69. The third-order valence-corrected chi connectivity index (χ3v) is 3.90. The van der Waals surface area contributed by atoms with E-state index < -0.39 is 5.60 Å². The molecule has 4 heteroatoms. The topological polar surface area (TPSA) is 50.7 Å². The maximum absolute atomic E-state index is 10.0. The molecule has 2 aromatic carbocycles. The van der Waals surface area contributed by atoms with Gasteiger partial charge in [-0.05, 0) is 55.7 Å². The zero-order chi connectivity index (χ0) is 17.6. The Hall–Kier alpha value is -2.04. The second-order valence-corrected chi connectivity index (χ2v) is 6.57. The van der Waals surface area contributed by atoms with Gasteiger partial charge in [0.15, 0.2) is 0 Å². The summed E-state index contributed by atoms with van der Waals surface area (Å²) in [5.41, 5.74) is 1.61. The van der Waals surface area contributed by atoms with Gasteiger partial charge in [-0.2, -0.15) is 0 Å². The van der Waals surface area contributed by atoms with E-state index in [2.05, 4.69) is 29.6 Å². The Morgan fingerprint density at radius 2 is 1.42 bits per heavy atom. The SMILES string of the molecule is COc1ccc(CC(NCC(C)(C)O)c2ccc(OC)cc2)cc1. The first-order valence-corrected chi connectivity index (χ1v) is 8.14.